The van der Waals surface area contributed by atoms with Crippen molar-refractivity contribution in [3.63, 3.8) is 0 Å². The van der Waals surface area contributed by atoms with E-state index in [-0.39, 0.29) is 12.7 Å². The van der Waals surface area contributed by atoms with Crippen LogP contribution in [0.1, 0.15) is 29.5 Å². The highest BCUT2D eigenvalue weighted by molar-refractivity contribution is 5.64. The van der Waals surface area contributed by atoms with Gasteiger partial charge in [-0.15, -0.1) is 10.2 Å². The second-order valence-corrected chi connectivity index (χ2v) is 9.03. The molecule has 0 bridgehead atoms. The first-order valence-electron chi connectivity index (χ1n) is 12.1. The summed E-state index contributed by atoms with van der Waals surface area (Å²) in [4.78, 5) is 7.02. The first kappa shape index (κ1) is 21.8. The molecule has 2 aromatic heterocycles. The molecule has 0 unspecified atom stereocenters. The van der Waals surface area contributed by atoms with Crippen LogP contribution in [0.5, 0.6) is 5.88 Å². The molecule has 4 aromatic rings. The Morgan fingerprint density at radius 2 is 1.86 bits per heavy atom. The zero-order valence-corrected chi connectivity index (χ0v) is 19.5. The molecule has 35 heavy (non-hydrogen) atoms. The van der Waals surface area contributed by atoms with Gasteiger partial charge in [-0.2, -0.15) is 4.98 Å². The third kappa shape index (κ3) is 4.50. The standard InChI is InChI=1S/C27H28N6O2/c34-16-15-32-17-21-10-13-24(29-27(21)35-23(18-32)19-5-2-1-3-6-19)28-22-11-8-20(9-12-22)26-31-30-25-7-4-14-33(25)26/h1-3,5-6,8-13,23,34H,4,7,14-18H2,(H,28,29)/t23-/m0/s1. The summed E-state index contributed by atoms with van der Waals surface area (Å²) in [6.07, 6.45) is 1.98. The number of hydrogen-bond acceptors (Lipinski definition) is 7. The predicted molar refractivity (Wildman–Crippen MR) is 133 cm³/mol. The number of β-amino-alcohol motifs (C(OH)–C–C–N with tert-alkyl or cyclic N) is 1. The van der Waals surface area contributed by atoms with Crippen LogP contribution < -0.4 is 10.1 Å². The van der Waals surface area contributed by atoms with Crippen molar-refractivity contribution in [1.82, 2.24) is 24.6 Å². The normalized spacial score (nSPS) is 17.3. The van der Waals surface area contributed by atoms with E-state index in [2.05, 4.69) is 55.3 Å². The monoisotopic (exact) mass is 468 g/mol. The van der Waals surface area contributed by atoms with E-state index >= 15 is 0 Å². The number of nitrogens with one attached hydrogen (secondary N) is 1. The number of benzene rings is 2. The van der Waals surface area contributed by atoms with Gasteiger partial charge in [0.25, 0.3) is 0 Å². The zero-order valence-electron chi connectivity index (χ0n) is 19.5. The van der Waals surface area contributed by atoms with Crippen LogP contribution in [0.2, 0.25) is 0 Å². The lowest BCUT2D eigenvalue weighted by molar-refractivity contribution is 0.126. The van der Waals surface area contributed by atoms with Crippen LogP contribution in [0.15, 0.2) is 66.7 Å². The molecule has 8 nitrogen and oxygen atoms in total. The van der Waals surface area contributed by atoms with Crippen LogP contribution in [0.4, 0.5) is 11.5 Å². The van der Waals surface area contributed by atoms with Gasteiger partial charge in [-0.1, -0.05) is 30.3 Å². The number of aliphatic hydroxyl groups is 1. The highest BCUT2D eigenvalue weighted by Crippen LogP contribution is 2.32. The highest BCUT2D eigenvalue weighted by Gasteiger charge is 2.25. The smallest absolute Gasteiger partial charge is 0.220 e. The van der Waals surface area contributed by atoms with E-state index in [0.717, 1.165) is 59.2 Å². The zero-order chi connectivity index (χ0) is 23.6. The minimum Gasteiger partial charge on any atom is -0.468 e. The van der Waals surface area contributed by atoms with E-state index in [1.165, 1.54) is 0 Å². The molecular formula is C27H28N6O2. The van der Waals surface area contributed by atoms with Gasteiger partial charge >= 0.3 is 0 Å². The van der Waals surface area contributed by atoms with Crippen molar-refractivity contribution in [1.29, 1.82) is 0 Å². The molecule has 0 fully saturated rings. The van der Waals surface area contributed by atoms with E-state index in [0.29, 0.717) is 25.5 Å². The van der Waals surface area contributed by atoms with Crippen LogP contribution in [-0.2, 0) is 19.5 Å². The Morgan fingerprint density at radius 1 is 1.00 bits per heavy atom. The van der Waals surface area contributed by atoms with Crippen LogP contribution in [0.3, 0.4) is 0 Å². The lowest BCUT2D eigenvalue weighted by Gasteiger charge is -2.23. The molecule has 0 amide bonds. The molecule has 0 aliphatic carbocycles. The molecule has 2 aliphatic rings. The molecule has 6 rings (SSSR count). The van der Waals surface area contributed by atoms with Crippen molar-refractivity contribution in [2.75, 3.05) is 25.0 Å². The van der Waals surface area contributed by atoms with Gasteiger partial charge in [-0.25, -0.2) is 0 Å². The Labute approximate surface area is 204 Å². The Balaban J connectivity index is 1.23. The summed E-state index contributed by atoms with van der Waals surface area (Å²) >= 11 is 0. The van der Waals surface area contributed by atoms with E-state index in [4.69, 9.17) is 9.72 Å². The number of nitrogens with zero attached hydrogens (tertiary/aromatic N) is 5. The number of ether oxygens (including phenoxy) is 1. The molecule has 4 heterocycles. The van der Waals surface area contributed by atoms with Gasteiger partial charge in [-0.3, -0.25) is 4.90 Å². The molecule has 1 atom stereocenters. The molecule has 0 saturated heterocycles. The second kappa shape index (κ2) is 9.48. The second-order valence-electron chi connectivity index (χ2n) is 9.03. The van der Waals surface area contributed by atoms with E-state index in [1.54, 1.807) is 0 Å². The molecule has 2 N–H and O–H groups in total. The van der Waals surface area contributed by atoms with Crippen LogP contribution >= 0.6 is 0 Å². The van der Waals surface area contributed by atoms with Gasteiger partial charge in [0.1, 0.15) is 17.7 Å². The summed E-state index contributed by atoms with van der Waals surface area (Å²) < 4.78 is 8.62. The van der Waals surface area contributed by atoms with Gasteiger partial charge in [0.05, 0.1) is 6.61 Å². The summed E-state index contributed by atoms with van der Waals surface area (Å²) in [5.74, 6) is 3.35. The van der Waals surface area contributed by atoms with Crippen molar-refractivity contribution in [2.45, 2.75) is 32.0 Å². The van der Waals surface area contributed by atoms with Crippen LogP contribution in [-0.4, -0.2) is 49.5 Å². The average Bonchev–Trinajstić information content (AvgIpc) is 3.46. The predicted octanol–water partition coefficient (Wildman–Crippen LogP) is 3.96. The molecule has 2 aromatic carbocycles. The molecular weight excluding hydrogens is 440 g/mol. The summed E-state index contributed by atoms with van der Waals surface area (Å²) in [5, 5.41) is 21.6. The fraction of sp³-hybridized carbons (Fsp3) is 0.296. The first-order valence-corrected chi connectivity index (χ1v) is 12.1. The fourth-order valence-electron chi connectivity index (χ4n) is 4.84. The van der Waals surface area contributed by atoms with Gasteiger partial charge in [-0.05, 0) is 48.4 Å². The summed E-state index contributed by atoms with van der Waals surface area (Å²) in [6, 6.07) is 22.4. The van der Waals surface area contributed by atoms with Crippen molar-refractivity contribution in [2.24, 2.45) is 0 Å². The van der Waals surface area contributed by atoms with E-state index < -0.39 is 0 Å². The minimum atomic E-state index is -0.157. The van der Waals surface area contributed by atoms with Gasteiger partial charge in [0, 0.05) is 49.4 Å². The summed E-state index contributed by atoms with van der Waals surface area (Å²) in [5.41, 5.74) is 4.11. The van der Waals surface area contributed by atoms with Gasteiger partial charge in [0.15, 0.2) is 5.82 Å². The maximum Gasteiger partial charge on any atom is 0.220 e. The average molecular weight is 469 g/mol. The van der Waals surface area contributed by atoms with E-state index in [9.17, 15) is 5.11 Å². The first-order chi connectivity index (χ1) is 17.3. The van der Waals surface area contributed by atoms with Crippen LogP contribution in [0.25, 0.3) is 11.4 Å². The maximum absolute atomic E-state index is 9.53. The third-order valence-electron chi connectivity index (χ3n) is 6.62. The van der Waals surface area contributed by atoms with Crippen molar-refractivity contribution in [3.05, 3.63) is 83.7 Å². The van der Waals surface area contributed by atoms with E-state index in [1.807, 2.05) is 36.4 Å². The largest absolute Gasteiger partial charge is 0.468 e. The summed E-state index contributed by atoms with van der Waals surface area (Å²) in [6.45, 7) is 3.06. The number of aliphatic hydroxyl groups excluding tert-OH is 1. The number of rotatable bonds is 6. The molecule has 8 heteroatoms. The number of hydrogen-bond donors (Lipinski definition) is 2. The lowest BCUT2D eigenvalue weighted by Crippen LogP contribution is -2.30. The van der Waals surface area contributed by atoms with Crippen LogP contribution in [0, 0.1) is 0 Å². The number of aromatic nitrogens is 4. The van der Waals surface area contributed by atoms with Crippen molar-refractivity contribution < 1.29 is 9.84 Å². The number of pyridine rings is 1. The molecule has 0 radical (unpaired) electrons. The Hall–Kier alpha value is -3.75. The lowest BCUT2D eigenvalue weighted by atomic mass is 10.1. The van der Waals surface area contributed by atoms with Crippen molar-refractivity contribution >= 4 is 11.5 Å². The Morgan fingerprint density at radius 3 is 2.69 bits per heavy atom. The highest BCUT2D eigenvalue weighted by atomic mass is 16.5. The quantitative estimate of drug-likeness (QED) is 0.443. The van der Waals surface area contributed by atoms with Crippen molar-refractivity contribution in [3.8, 4) is 17.3 Å². The molecule has 0 saturated carbocycles. The molecule has 2 aliphatic heterocycles. The summed E-state index contributed by atoms with van der Waals surface area (Å²) in [7, 11) is 0. The number of fused-ring (bicyclic) bond motifs is 2. The minimum absolute atomic E-state index is 0.109. The SMILES string of the molecule is OCCN1Cc2ccc(Nc3ccc(-c4nnc5n4CCC5)cc3)nc2O[C@H](c2ccccc2)C1. The fourth-order valence-corrected chi connectivity index (χ4v) is 4.84. The third-order valence-corrected chi connectivity index (χ3v) is 6.62. The number of anilines is 2. The Kier molecular flexibility index (Phi) is 5.89. The topological polar surface area (TPSA) is 88.3 Å². The van der Waals surface area contributed by atoms with Gasteiger partial charge < -0.3 is 19.7 Å². The number of aryl methyl sites for hydroxylation is 1. The Bertz CT molecular complexity index is 1310. The molecule has 0 spiro atoms. The maximum atomic E-state index is 9.53. The van der Waals surface area contributed by atoms with Gasteiger partial charge in [0.2, 0.25) is 5.88 Å². The molecule has 178 valence electrons.